The number of rotatable bonds is 1. The van der Waals surface area contributed by atoms with E-state index >= 15 is 0 Å². The fourth-order valence-electron chi connectivity index (χ4n) is 1.08. The fourth-order valence-corrected chi connectivity index (χ4v) is 1.08. The van der Waals surface area contributed by atoms with Gasteiger partial charge in [0, 0.05) is 13.5 Å². The summed E-state index contributed by atoms with van der Waals surface area (Å²) >= 11 is 0. The molecule has 1 unspecified atom stereocenters. The normalized spacial score (nSPS) is 22.8. The Morgan fingerprint density at radius 2 is 2.45 bits per heavy atom. The summed E-state index contributed by atoms with van der Waals surface area (Å²) in [5.74, 6) is 0. The Balaban J connectivity index is 2.26. The first-order chi connectivity index (χ1) is 5.33. The van der Waals surface area contributed by atoms with Gasteiger partial charge in [0.15, 0.2) is 0 Å². The third-order valence-corrected chi connectivity index (χ3v) is 1.70. The number of allylic oxidation sites excluding steroid dienone is 1. The Morgan fingerprint density at radius 3 is 3.00 bits per heavy atom. The van der Waals surface area contributed by atoms with Gasteiger partial charge < -0.3 is 10.1 Å². The molecule has 1 atom stereocenters. The molecule has 0 spiro atoms. The first-order valence-corrected chi connectivity index (χ1v) is 3.86. The van der Waals surface area contributed by atoms with Crippen LogP contribution < -0.4 is 5.32 Å². The van der Waals surface area contributed by atoms with E-state index in [1.165, 1.54) is 0 Å². The van der Waals surface area contributed by atoms with Gasteiger partial charge in [-0.2, -0.15) is 0 Å². The predicted molar refractivity (Wildman–Crippen MR) is 42.3 cm³/mol. The minimum absolute atomic E-state index is 0.0833. The molecule has 0 saturated heterocycles. The first kappa shape index (κ1) is 8.11. The van der Waals surface area contributed by atoms with Crippen LogP contribution in [0.15, 0.2) is 12.2 Å². The van der Waals surface area contributed by atoms with Gasteiger partial charge in [0.1, 0.15) is 6.10 Å². The van der Waals surface area contributed by atoms with E-state index in [2.05, 4.69) is 17.5 Å². The van der Waals surface area contributed by atoms with Crippen molar-refractivity contribution in [3.63, 3.8) is 0 Å². The summed E-state index contributed by atoms with van der Waals surface area (Å²) in [6.07, 6.45) is 6.74. The number of carbonyl (C=O) groups excluding carboxylic acids is 1. The monoisotopic (exact) mass is 155 g/mol. The Labute approximate surface area is 66.4 Å². The minimum Gasteiger partial charge on any atom is -0.446 e. The van der Waals surface area contributed by atoms with Crippen molar-refractivity contribution in [3.05, 3.63) is 12.2 Å². The molecule has 1 aliphatic rings. The average Bonchev–Trinajstić information content (AvgIpc) is 2.06. The third kappa shape index (κ3) is 2.62. The van der Waals surface area contributed by atoms with Gasteiger partial charge in [-0.25, -0.2) is 4.79 Å². The molecule has 0 bridgehead atoms. The molecular weight excluding hydrogens is 142 g/mol. The van der Waals surface area contributed by atoms with Crippen LogP contribution in [-0.2, 0) is 4.74 Å². The van der Waals surface area contributed by atoms with Crippen molar-refractivity contribution in [2.24, 2.45) is 0 Å². The van der Waals surface area contributed by atoms with Crippen LogP contribution in [0.5, 0.6) is 0 Å². The van der Waals surface area contributed by atoms with Crippen molar-refractivity contribution in [3.8, 4) is 0 Å². The summed E-state index contributed by atoms with van der Waals surface area (Å²) < 4.78 is 5.04. The van der Waals surface area contributed by atoms with Crippen LogP contribution in [0.1, 0.15) is 19.3 Å². The molecule has 0 aliphatic heterocycles. The number of carbonyl (C=O) groups is 1. The summed E-state index contributed by atoms with van der Waals surface area (Å²) in [7, 11) is 1.57. The van der Waals surface area contributed by atoms with Gasteiger partial charge in [-0.3, -0.25) is 0 Å². The number of alkyl carbamates (subject to hydrolysis) is 1. The van der Waals surface area contributed by atoms with E-state index in [9.17, 15) is 4.79 Å². The smallest absolute Gasteiger partial charge is 0.407 e. The van der Waals surface area contributed by atoms with Crippen LogP contribution in [0.4, 0.5) is 4.79 Å². The minimum atomic E-state index is -0.328. The maximum absolute atomic E-state index is 10.7. The van der Waals surface area contributed by atoms with Gasteiger partial charge in [0.25, 0.3) is 0 Å². The third-order valence-electron chi connectivity index (χ3n) is 1.70. The van der Waals surface area contributed by atoms with Crippen molar-refractivity contribution in [1.82, 2.24) is 5.32 Å². The van der Waals surface area contributed by atoms with Crippen LogP contribution >= 0.6 is 0 Å². The SMILES string of the molecule is CNC(=O)OC1CC=CCC1. The lowest BCUT2D eigenvalue weighted by molar-refractivity contribution is 0.0942. The highest BCUT2D eigenvalue weighted by atomic mass is 16.6. The second kappa shape index (κ2) is 4.01. The molecule has 0 heterocycles. The molecule has 11 heavy (non-hydrogen) atoms. The largest absolute Gasteiger partial charge is 0.446 e. The molecule has 3 heteroatoms. The van der Waals surface area contributed by atoms with Crippen molar-refractivity contribution < 1.29 is 9.53 Å². The molecule has 1 rings (SSSR count). The Kier molecular flexibility index (Phi) is 2.95. The summed E-state index contributed by atoms with van der Waals surface area (Å²) in [6, 6.07) is 0. The first-order valence-electron chi connectivity index (χ1n) is 3.86. The molecule has 0 aromatic rings. The average molecular weight is 155 g/mol. The summed E-state index contributed by atoms with van der Waals surface area (Å²) in [5.41, 5.74) is 0. The summed E-state index contributed by atoms with van der Waals surface area (Å²) in [5, 5.41) is 2.43. The van der Waals surface area contributed by atoms with Crippen molar-refractivity contribution in [1.29, 1.82) is 0 Å². The van der Waals surface area contributed by atoms with Crippen molar-refractivity contribution >= 4 is 6.09 Å². The van der Waals surface area contributed by atoms with Gasteiger partial charge in [-0.05, 0) is 12.8 Å². The summed E-state index contributed by atoms with van der Waals surface area (Å²) in [4.78, 5) is 10.7. The Morgan fingerprint density at radius 1 is 1.64 bits per heavy atom. The number of ether oxygens (including phenoxy) is 1. The highest BCUT2D eigenvalue weighted by Crippen LogP contribution is 2.13. The zero-order valence-corrected chi connectivity index (χ0v) is 6.67. The van der Waals surface area contributed by atoms with E-state index in [1.54, 1.807) is 7.05 Å². The standard InChI is InChI=1S/C8H13NO2/c1-9-8(10)11-7-5-3-2-4-6-7/h2-3,7H,4-6H2,1H3,(H,9,10). The van der Waals surface area contributed by atoms with E-state index in [1.807, 2.05) is 0 Å². The quantitative estimate of drug-likeness (QED) is 0.582. The number of nitrogens with one attached hydrogen (secondary N) is 1. The molecule has 1 N–H and O–H groups in total. The lowest BCUT2D eigenvalue weighted by Gasteiger charge is -2.17. The molecule has 0 fully saturated rings. The topological polar surface area (TPSA) is 38.3 Å². The van der Waals surface area contributed by atoms with Gasteiger partial charge in [0.05, 0.1) is 0 Å². The van der Waals surface area contributed by atoms with Crippen molar-refractivity contribution in [2.45, 2.75) is 25.4 Å². The van der Waals surface area contributed by atoms with Gasteiger partial charge >= 0.3 is 6.09 Å². The highest BCUT2D eigenvalue weighted by Gasteiger charge is 2.13. The van der Waals surface area contributed by atoms with Crippen LogP contribution in [-0.4, -0.2) is 19.2 Å². The lowest BCUT2D eigenvalue weighted by atomic mass is 10.1. The Bertz CT molecular complexity index is 165. The molecule has 1 aliphatic carbocycles. The van der Waals surface area contributed by atoms with E-state index in [-0.39, 0.29) is 12.2 Å². The van der Waals surface area contributed by atoms with Crippen LogP contribution in [0, 0.1) is 0 Å². The predicted octanol–water partition coefficient (Wildman–Crippen LogP) is 1.45. The maximum atomic E-state index is 10.7. The zero-order chi connectivity index (χ0) is 8.10. The zero-order valence-electron chi connectivity index (χ0n) is 6.67. The van der Waals surface area contributed by atoms with Gasteiger partial charge in [-0.1, -0.05) is 12.2 Å². The van der Waals surface area contributed by atoms with E-state index in [0.29, 0.717) is 0 Å². The van der Waals surface area contributed by atoms with Gasteiger partial charge in [0.2, 0.25) is 0 Å². The van der Waals surface area contributed by atoms with E-state index in [0.717, 1.165) is 19.3 Å². The second-order valence-corrected chi connectivity index (χ2v) is 2.56. The molecule has 0 aromatic carbocycles. The van der Waals surface area contributed by atoms with Crippen LogP contribution in [0.25, 0.3) is 0 Å². The molecule has 3 nitrogen and oxygen atoms in total. The Hall–Kier alpha value is -0.990. The molecular formula is C8H13NO2. The maximum Gasteiger partial charge on any atom is 0.407 e. The van der Waals surface area contributed by atoms with E-state index in [4.69, 9.17) is 4.74 Å². The fraction of sp³-hybridized carbons (Fsp3) is 0.625. The molecule has 0 aromatic heterocycles. The van der Waals surface area contributed by atoms with Crippen LogP contribution in [0.3, 0.4) is 0 Å². The number of hydrogen-bond acceptors (Lipinski definition) is 2. The molecule has 0 radical (unpaired) electrons. The summed E-state index contributed by atoms with van der Waals surface area (Å²) in [6.45, 7) is 0. The van der Waals surface area contributed by atoms with Gasteiger partial charge in [-0.15, -0.1) is 0 Å². The molecule has 0 saturated carbocycles. The number of amides is 1. The second-order valence-electron chi connectivity index (χ2n) is 2.56. The lowest BCUT2D eigenvalue weighted by Crippen LogP contribution is -2.26. The highest BCUT2D eigenvalue weighted by molar-refractivity contribution is 5.66. The molecule has 1 amide bonds. The van der Waals surface area contributed by atoms with Crippen molar-refractivity contribution in [2.75, 3.05) is 7.05 Å². The van der Waals surface area contributed by atoms with Crippen LogP contribution in [0.2, 0.25) is 0 Å². The molecule has 62 valence electrons. The number of hydrogen-bond donors (Lipinski definition) is 1. The van der Waals surface area contributed by atoms with E-state index < -0.39 is 0 Å².